The molecule has 0 heterocycles. The van der Waals surface area contributed by atoms with Crippen molar-refractivity contribution in [2.75, 3.05) is 6.26 Å². The Morgan fingerprint density at radius 2 is 2.00 bits per heavy atom. The molecular weight excluding hydrogens is 144 g/mol. The molecule has 10 heavy (non-hydrogen) atoms. The number of thioether (sulfide) groups is 1. The fourth-order valence-electron chi connectivity index (χ4n) is 0.757. The van der Waals surface area contributed by atoms with E-state index >= 15 is 0 Å². The first-order chi connectivity index (χ1) is 4.54. The summed E-state index contributed by atoms with van der Waals surface area (Å²) in [6, 6.07) is 0. The fourth-order valence-corrected chi connectivity index (χ4v) is 1.15. The van der Waals surface area contributed by atoms with Gasteiger partial charge in [0.05, 0.1) is 6.10 Å². The van der Waals surface area contributed by atoms with Gasteiger partial charge < -0.3 is 5.11 Å². The normalized spacial score (nSPS) is 15.3. The highest BCUT2D eigenvalue weighted by atomic mass is 32.2. The minimum atomic E-state index is -0.160. The predicted molar refractivity (Wildman–Crippen MR) is 48.5 cm³/mol. The molecule has 0 radical (unpaired) electrons. The van der Waals surface area contributed by atoms with Crippen molar-refractivity contribution in [1.82, 2.24) is 0 Å². The van der Waals surface area contributed by atoms with Crippen LogP contribution in [0.25, 0.3) is 0 Å². The minimum Gasteiger partial charge on any atom is -0.392 e. The van der Waals surface area contributed by atoms with Crippen LogP contribution in [-0.4, -0.2) is 22.2 Å². The van der Waals surface area contributed by atoms with Crippen LogP contribution in [0, 0.1) is 0 Å². The predicted octanol–water partition coefficient (Wildman–Crippen LogP) is 2.29. The molecule has 2 heteroatoms. The Kier molecular flexibility index (Phi) is 4.37. The van der Waals surface area contributed by atoms with Gasteiger partial charge in [-0.3, -0.25) is 0 Å². The van der Waals surface area contributed by atoms with Crippen LogP contribution in [0.4, 0.5) is 0 Å². The third-order valence-corrected chi connectivity index (χ3v) is 3.21. The zero-order valence-electron chi connectivity index (χ0n) is 7.35. The van der Waals surface area contributed by atoms with Gasteiger partial charge in [0.15, 0.2) is 0 Å². The highest BCUT2D eigenvalue weighted by Crippen LogP contribution is 2.27. The van der Waals surface area contributed by atoms with Crippen LogP contribution in [0.15, 0.2) is 0 Å². The van der Waals surface area contributed by atoms with Gasteiger partial charge in [-0.05, 0) is 26.5 Å². The van der Waals surface area contributed by atoms with Crippen LogP contribution in [0.5, 0.6) is 0 Å². The van der Waals surface area contributed by atoms with Crippen molar-refractivity contribution in [2.24, 2.45) is 0 Å². The summed E-state index contributed by atoms with van der Waals surface area (Å²) in [6.07, 6.45) is 3.85. The molecular formula is C8H18OS. The molecule has 0 bridgehead atoms. The second kappa shape index (κ2) is 4.24. The van der Waals surface area contributed by atoms with E-state index in [2.05, 4.69) is 20.8 Å². The first kappa shape index (κ1) is 10.3. The van der Waals surface area contributed by atoms with Gasteiger partial charge in [0, 0.05) is 4.75 Å². The van der Waals surface area contributed by atoms with E-state index in [9.17, 15) is 5.11 Å². The topological polar surface area (TPSA) is 20.2 Å². The van der Waals surface area contributed by atoms with Gasteiger partial charge in [0.25, 0.3) is 0 Å². The first-order valence-electron chi connectivity index (χ1n) is 3.77. The molecule has 0 saturated carbocycles. The molecule has 1 N–H and O–H groups in total. The third-order valence-electron chi connectivity index (χ3n) is 1.89. The van der Waals surface area contributed by atoms with E-state index in [0.29, 0.717) is 0 Å². The highest BCUT2D eigenvalue weighted by Gasteiger charge is 2.25. The van der Waals surface area contributed by atoms with Crippen molar-refractivity contribution in [3.05, 3.63) is 0 Å². The highest BCUT2D eigenvalue weighted by molar-refractivity contribution is 8.00. The summed E-state index contributed by atoms with van der Waals surface area (Å²) in [5, 5.41) is 9.56. The summed E-state index contributed by atoms with van der Waals surface area (Å²) >= 11 is 1.73. The van der Waals surface area contributed by atoms with E-state index in [4.69, 9.17) is 0 Å². The van der Waals surface area contributed by atoms with E-state index < -0.39 is 0 Å². The lowest BCUT2D eigenvalue weighted by atomic mass is 10.0. The van der Waals surface area contributed by atoms with Gasteiger partial charge in [-0.2, -0.15) is 11.8 Å². The second-order valence-corrected chi connectivity index (χ2v) is 4.57. The van der Waals surface area contributed by atoms with E-state index in [1.807, 2.05) is 6.26 Å². The maximum Gasteiger partial charge on any atom is 0.0681 e. The maximum atomic E-state index is 9.56. The molecule has 0 aliphatic rings. The van der Waals surface area contributed by atoms with Gasteiger partial charge in [-0.15, -0.1) is 0 Å². The van der Waals surface area contributed by atoms with Crippen LogP contribution in [0.1, 0.15) is 33.6 Å². The van der Waals surface area contributed by atoms with Crippen LogP contribution in [0.3, 0.4) is 0 Å². The van der Waals surface area contributed by atoms with E-state index in [1.54, 1.807) is 11.8 Å². The molecule has 0 aliphatic carbocycles. The lowest BCUT2D eigenvalue weighted by Gasteiger charge is -2.28. The fraction of sp³-hybridized carbons (Fsp3) is 1.00. The smallest absolute Gasteiger partial charge is 0.0681 e. The SMILES string of the molecule is CCCC(O)C(C)(C)SC. The largest absolute Gasteiger partial charge is 0.392 e. The number of rotatable bonds is 4. The van der Waals surface area contributed by atoms with E-state index in [-0.39, 0.29) is 10.9 Å². The second-order valence-electron chi connectivity index (χ2n) is 3.11. The Labute approximate surface area is 68.2 Å². The number of hydrogen-bond donors (Lipinski definition) is 1. The molecule has 0 aromatic heterocycles. The molecule has 1 atom stereocenters. The molecule has 0 aromatic carbocycles. The average Bonchev–Trinajstić information content (AvgIpc) is 1.89. The van der Waals surface area contributed by atoms with Crippen LogP contribution in [0.2, 0.25) is 0 Å². The molecule has 0 fully saturated rings. The summed E-state index contributed by atoms with van der Waals surface area (Å²) in [4.78, 5) is 0. The number of aliphatic hydroxyl groups is 1. The zero-order chi connectivity index (χ0) is 8.20. The van der Waals surface area contributed by atoms with Gasteiger partial charge in [-0.25, -0.2) is 0 Å². The monoisotopic (exact) mass is 162 g/mol. The van der Waals surface area contributed by atoms with Crippen molar-refractivity contribution in [2.45, 2.75) is 44.5 Å². The van der Waals surface area contributed by atoms with Crippen LogP contribution in [-0.2, 0) is 0 Å². The molecule has 0 saturated heterocycles. The van der Waals surface area contributed by atoms with Crippen LogP contribution < -0.4 is 0 Å². The summed E-state index contributed by atoms with van der Waals surface area (Å²) in [5.41, 5.74) is 0. The van der Waals surface area contributed by atoms with Gasteiger partial charge in [0.1, 0.15) is 0 Å². The Hall–Kier alpha value is 0.310. The van der Waals surface area contributed by atoms with Crippen molar-refractivity contribution in [3.8, 4) is 0 Å². The lowest BCUT2D eigenvalue weighted by Crippen LogP contribution is -2.32. The van der Waals surface area contributed by atoms with Crippen molar-refractivity contribution in [3.63, 3.8) is 0 Å². The Bertz CT molecular complexity index is 91.3. The third kappa shape index (κ3) is 2.93. The maximum absolute atomic E-state index is 9.56. The molecule has 0 rings (SSSR count). The first-order valence-corrected chi connectivity index (χ1v) is 5.00. The lowest BCUT2D eigenvalue weighted by molar-refractivity contribution is 0.132. The zero-order valence-corrected chi connectivity index (χ0v) is 8.16. The van der Waals surface area contributed by atoms with Crippen molar-refractivity contribution >= 4 is 11.8 Å². The van der Waals surface area contributed by atoms with Crippen molar-refractivity contribution < 1.29 is 5.11 Å². The molecule has 0 spiro atoms. The Morgan fingerprint density at radius 3 is 2.30 bits per heavy atom. The molecule has 0 aromatic rings. The summed E-state index contributed by atoms with van der Waals surface area (Å²) in [5.74, 6) is 0. The average molecular weight is 162 g/mol. The standard InChI is InChI=1S/C8H18OS/c1-5-6-7(9)8(2,3)10-4/h7,9H,5-6H2,1-4H3. The van der Waals surface area contributed by atoms with Gasteiger partial charge in [-0.1, -0.05) is 13.3 Å². The molecule has 1 unspecified atom stereocenters. The van der Waals surface area contributed by atoms with E-state index in [0.717, 1.165) is 12.8 Å². The van der Waals surface area contributed by atoms with Gasteiger partial charge >= 0.3 is 0 Å². The summed E-state index contributed by atoms with van der Waals surface area (Å²) in [6.45, 7) is 6.26. The van der Waals surface area contributed by atoms with Crippen molar-refractivity contribution in [1.29, 1.82) is 0 Å². The quantitative estimate of drug-likeness (QED) is 0.684. The number of hydrogen-bond acceptors (Lipinski definition) is 2. The molecule has 1 nitrogen and oxygen atoms in total. The van der Waals surface area contributed by atoms with Crippen LogP contribution >= 0.6 is 11.8 Å². The minimum absolute atomic E-state index is 0.0238. The Morgan fingerprint density at radius 1 is 1.50 bits per heavy atom. The number of aliphatic hydroxyl groups excluding tert-OH is 1. The van der Waals surface area contributed by atoms with E-state index in [1.165, 1.54) is 0 Å². The Balaban J connectivity index is 3.78. The summed E-state index contributed by atoms with van der Waals surface area (Å²) in [7, 11) is 0. The molecule has 0 aliphatic heterocycles. The molecule has 62 valence electrons. The summed E-state index contributed by atoms with van der Waals surface area (Å²) < 4.78 is 0.0238. The molecule has 0 amide bonds. The van der Waals surface area contributed by atoms with Gasteiger partial charge in [0.2, 0.25) is 0 Å².